The second-order valence-corrected chi connectivity index (χ2v) is 4.51. The van der Waals surface area contributed by atoms with Crippen LogP contribution in [0.4, 0.5) is 0 Å². The summed E-state index contributed by atoms with van der Waals surface area (Å²) in [5.74, 6) is -3.58. The third-order valence-electron chi connectivity index (χ3n) is 3.14. The van der Waals surface area contributed by atoms with Gasteiger partial charge in [-0.05, 0) is 12.3 Å². The molecule has 4 nitrogen and oxygen atoms in total. The smallest absolute Gasteiger partial charge is 0.549 e. The number of carbonyl (C=O) groups excluding carboxylic acids is 2. The number of carbonyl (C=O) groups is 2. The quantitative estimate of drug-likeness (QED) is 0.241. The molecule has 0 heterocycles. The monoisotopic (exact) mass is 242 g/mol. The van der Waals surface area contributed by atoms with Gasteiger partial charge in [-0.3, -0.25) is 0 Å². The van der Waals surface area contributed by atoms with Crippen LogP contribution in [0.25, 0.3) is 0 Å². The van der Waals surface area contributed by atoms with Gasteiger partial charge in [0.05, 0.1) is 17.4 Å². The van der Waals surface area contributed by atoms with E-state index in [1.54, 1.807) is 13.8 Å². The Kier molecular flexibility index (Phi) is 14.2. The number of hydrogen-bond acceptors (Lipinski definition) is 4. The topological polar surface area (TPSA) is 80.3 Å². The fraction of sp³-hybridized carbons (Fsp3) is 0.833. The van der Waals surface area contributed by atoms with Gasteiger partial charge >= 0.3 is 37.7 Å². The molecule has 0 saturated carbocycles. The van der Waals surface area contributed by atoms with Crippen LogP contribution < -0.4 is 47.9 Å². The second-order valence-electron chi connectivity index (χ2n) is 4.51. The van der Waals surface area contributed by atoms with Crippen molar-refractivity contribution in [2.45, 2.75) is 52.9 Å². The van der Waals surface area contributed by atoms with E-state index in [4.69, 9.17) is 0 Å². The van der Waals surface area contributed by atoms with Gasteiger partial charge in [-0.2, -0.15) is 0 Å². The molecule has 6 heteroatoms. The molecule has 0 fully saturated rings. The van der Waals surface area contributed by atoms with E-state index < -0.39 is 23.3 Å². The maximum Gasteiger partial charge on any atom is 1.00 e. The summed E-state index contributed by atoms with van der Waals surface area (Å²) in [4.78, 5) is 22.1. The molecule has 0 saturated heterocycles. The second kappa shape index (κ2) is 11.0. The van der Waals surface area contributed by atoms with Crippen LogP contribution >= 0.6 is 0 Å². The van der Waals surface area contributed by atoms with E-state index in [1.165, 1.54) is 0 Å². The molecule has 0 aromatic carbocycles. The zero-order valence-corrected chi connectivity index (χ0v) is 12.2. The maximum absolute atomic E-state index is 11.0. The van der Waals surface area contributed by atoms with Gasteiger partial charge in [-0.25, -0.2) is 0 Å². The fourth-order valence-electron chi connectivity index (χ4n) is 1.88. The van der Waals surface area contributed by atoms with Crippen molar-refractivity contribution in [3.8, 4) is 0 Å². The first-order valence-corrected chi connectivity index (χ1v) is 5.82. The summed E-state index contributed by atoms with van der Waals surface area (Å²) in [6.45, 7) is 5.18. The van der Waals surface area contributed by atoms with Gasteiger partial charge < -0.3 is 19.8 Å². The van der Waals surface area contributed by atoms with Gasteiger partial charge in [0.1, 0.15) is 0 Å². The van der Waals surface area contributed by atoms with Crippen LogP contribution in [0.5, 0.6) is 0 Å². The molecule has 0 amide bonds. The Hall–Kier alpha value is 0.135. The Morgan fingerprint density at radius 2 is 1.44 bits per heavy atom. The fourth-order valence-corrected chi connectivity index (χ4v) is 1.88. The molecule has 0 unspecified atom stereocenters. The summed E-state index contributed by atoms with van der Waals surface area (Å²) < 4.78 is 0. The number of aliphatic carboxylic acids is 2. The summed E-state index contributed by atoms with van der Waals surface area (Å²) in [6, 6.07) is 0. The molecule has 18 heavy (non-hydrogen) atoms. The number of carboxylic acids is 2. The third kappa shape index (κ3) is 5.85. The van der Waals surface area contributed by atoms with Gasteiger partial charge in [0.25, 0.3) is 0 Å². The minimum Gasteiger partial charge on any atom is -0.549 e. The molecule has 0 aliphatic carbocycles. The van der Waals surface area contributed by atoms with Crippen molar-refractivity contribution < 1.29 is 57.5 Å². The van der Waals surface area contributed by atoms with Crippen molar-refractivity contribution >= 4 is 11.9 Å². The Morgan fingerprint density at radius 1 is 1.00 bits per heavy atom. The Morgan fingerprint density at radius 3 is 1.72 bits per heavy atom. The first kappa shape index (κ1) is 23.2. The standard InChI is InChI=1S/C12H22O4.2Li/c1-4-5-6-7-8-12(9(2)3,10(13)14)11(15)16;;/h9H,4-8H2,1-3H3,(H,13,14)(H,15,16);;/q;2*+1/p-2. The van der Waals surface area contributed by atoms with Crippen LogP contribution in [0.15, 0.2) is 0 Å². The molecule has 0 aliphatic rings. The van der Waals surface area contributed by atoms with Crippen molar-refractivity contribution in [2.24, 2.45) is 11.3 Å². The van der Waals surface area contributed by atoms with Crippen LogP contribution in [0, 0.1) is 11.3 Å². The van der Waals surface area contributed by atoms with E-state index in [0.717, 1.165) is 19.3 Å². The summed E-state index contributed by atoms with van der Waals surface area (Å²) in [6.07, 6.45) is 3.51. The molecule has 0 aromatic rings. The summed E-state index contributed by atoms with van der Waals surface area (Å²) in [7, 11) is 0. The Bertz CT molecular complexity index is 240. The predicted molar refractivity (Wildman–Crippen MR) is 56.0 cm³/mol. The van der Waals surface area contributed by atoms with Crippen LogP contribution in [-0.2, 0) is 9.59 Å². The Balaban J connectivity index is -0.00000112. The van der Waals surface area contributed by atoms with E-state index in [9.17, 15) is 19.8 Å². The maximum atomic E-state index is 11.0. The molecule has 0 aromatic heterocycles. The van der Waals surface area contributed by atoms with Gasteiger partial charge in [0.15, 0.2) is 0 Å². The van der Waals surface area contributed by atoms with Crippen molar-refractivity contribution in [1.29, 1.82) is 0 Å². The predicted octanol–water partition coefficient (Wildman–Crippen LogP) is -5.89. The first-order chi connectivity index (χ1) is 7.39. The SMILES string of the molecule is CCCCCCC(C(=O)[O-])(C(=O)[O-])C(C)C.[Li+].[Li+]. The van der Waals surface area contributed by atoms with E-state index >= 15 is 0 Å². The van der Waals surface area contributed by atoms with E-state index in [1.807, 2.05) is 6.92 Å². The minimum absolute atomic E-state index is 0. The van der Waals surface area contributed by atoms with Crippen LogP contribution in [-0.4, -0.2) is 11.9 Å². The first-order valence-electron chi connectivity index (χ1n) is 5.82. The van der Waals surface area contributed by atoms with Gasteiger partial charge in [-0.1, -0.05) is 46.5 Å². The van der Waals surface area contributed by atoms with E-state index in [-0.39, 0.29) is 44.1 Å². The molecule has 0 N–H and O–H groups in total. The molecule has 0 bridgehead atoms. The minimum atomic E-state index is -1.84. The molecule has 0 atom stereocenters. The summed E-state index contributed by atoms with van der Waals surface area (Å²) >= 11 is 0. The zero-order chi connectivity index (χ0) is 12.8. The molecule has 0 spiro atoms. The molecule has 0 rings (SSSR count). The van der Waals surface area contributed by atoms with Gasteiger partial charge in [0.2, 0.25) is 0 Å². The van der Waals surface area contributed by atoms with Crippen molar-refractivity contribution in [1.82, 2.24) is 0 Å². The average Bonchev–Trinajstić information content (AvgIpc) is 2.16. The zero-order valence-electron chi connectivity index (χ0n) is 12.2. The largest absolute Gasteiger partial charge is 1.00 e. The number of hydrogen-bond donors (Lipinski definition) is 0. The number of unbranched alkanes of at least 4 members (excludes halogenated alkanes) is 3. The normalized spacial score (nSPS) is 10.4. The van der Waals surface area contributed by atoms with Gasteiger partial charge in [0, 0.05) is 0 Å². The third-order valence-corrected chi connectivity index (χ3v) is 3.14. The average molecular weight is 242 g/mol. The molecular formula is C12H20Li2O4. The van der Waals surface area contributed by atoms with Crippen molar-refractivity contribution in [3.63, 3.8) is 0 Å². The van der Waals surface area contributed by atoms with Crippen molar-refractivity contribution in [3.05, 3.63) is 0 Å². The van der Waals surface area contributed by atoms with Crippen LogP contribution in [0.3, 0.4) is 0 Å². The van der Waals surface area contributed by atoms with E-state index in [0.29, 0.717) is 6.42 Å². The molecule has 0 aliphatic heterocycles. The van der Waals surface area contributed by atoms with Crippen LogP contribution in [0.2, 0.25) is 0 Å². The molecular weight excluding hydrogens is 222 g/mol. The Labute approximate surface area is 133 Å². The number of rotatable bonds is 8. The summed E-state index contributed by atoms with van der Waals surface area (Å²) in [5.41, 5.74) is -1.84. The van der Waals surface area contributed by atoms with Gasteiger partial charge in [-0.15, -0.1) is 0 Å². The summed E-state index contributed by atoms with van der Waals surface area (Å²) in [5, 5.41) is 22.1. The van der Waals surface area contributed by atoms with E-state index in [2.05, 4.69) is 0 Å². The molecule has 0 radical (unpaired) electrons. The molecule has 94 valence electrons. The van der Waals surface area contributed by atoms with Crippen molar-refractivity contribution in [2.75, 3.05) is 0 Å². The van der Waals surface area contributed by atoms with Crippen LogP contribution in [0.1, 0.15) is 52.9 Å². The number of carboxylic acid groups (broad SMARTS) is 2.